The summed E-state index contributed by atoms with van der Waals surface area (Å²) in [6, 6.07) is 6.29. The number of hydrogen-bond donors (Lipinski definition) is 2. The van der Waals surface area contributed by atoms with Crippen molar-refractivity contribution < 1.29 is 5.11 Å². The number of aliphatic hydroxyl groups is 1. The van der Waals surface area contributed by atoms with Gasteiger partial charge in [-0.25, -0.2) is 4.98 Å². The monoisotopic (exact) mass is 259 g/mol. The van der Waals surface area contributed by atoms with E-state index in [0.29, 0.717) is 6.61 Å². The third-order valence-electron chi connectivity index (χ3n) is 4.35. The van der Waals surface area contributed by atoms with Crippen LogP contribution in [0.4, 0.5) is 5.69 Å². The predicted octanol–water partition coefficient (Wildman–Crippen LogP) is 2.47. The van der Waals surface area contributed by atoms with E-state index in [1.54, 1.807) is 0 Å². The summed E-state index contributed by atoms with van der Waals surface area (Å²) >= 11 is 0. The molecule has 1 aliphatic carbocycles. The zero-order valence-corrected chi connectivity index (χ0v) is 11.6. The lowest BCUT2D eigenvalue weighted by Crippen LogP contribution is -2.43. The lowest BCUT2D eigenvalue weighted by molar-refractivity contribution is 0.0524. The number of aromatic nitrogens is 2. The molecule has 1 aliphatic rings. The maximum atomic E-state index is 9.56. The Morgan fingerprint density at radius 1 is 1.42 bits per heavy atom. The van der Waals surface area contributed by atoms with Gasteiger partial charge >= 0.3 is 0 Å². The first-order chi connectivity index (χ1) is 9.12. The van der Waals surface area contributed by atoms with Gasteiger partial charge in [-0.2, -0.15) is 0 Å². The van der Waals surface area contributed by atoms with Gasteiger partial charge in [-0.15, -0.1) is 0 Å². The summed E-state index contributed by atoms with van der Waals surface area (Å²) in [4.78, 5) is 9.93. The molecule has 1 aromatic heterocycles. The van der Waals surface area contributed by atoms with E-state index in [4.69, 9.17) is 0 Å². The van der Waals surface area contributed by atoms with Gasteiger partial charge in [0.05, 0.1) is 17.6 Å². The topological polar surface area (TPSA) is 52.1 Å². The SMILES string of the molecule is Cc1nc2ccc(N(C)CC3(CO)CCC3)cc2[nH]1. The van der Waals surface area contributed by atoms with Crippen LogP contribution in [0.5, 0.6) is 0 Å². The van der Waals surface area contributed by atoms with E-state index in [2.05, 4.69) is 40.1 Å². The first-order valence-corrected chi connectivity index (χ1v) is 6.90. The highest BCUT2D eigenvalue weighted by atomic mass is 16.3. The molecule has 1 heterocycles. The molecule has 1 fully saturated rings. The van der Waals surface area contributed by atoms with Gasteiger partial charge in [0.25, 0.3) is 0 Å². The number of nitrogens with zero attached hydrogens (tertiary/aromatic N) is 2. The third-order valence-corrected chi connectivity index (χ3v) is 4.35. The van der Waals surface area contributed by atoms with Crippen molar-refractivity contribution >= 4 is 16.7 Å². The Bertz CT molecular complexity index is 581. The second kappa shape index (κ2) is 4.53. The Hall–Kier alpha value is -1.55. The molecule has 102 valence electrons. The molecule has 0 atom stereocenters. The highest BCUT2D eigenvalue weighted by Crippen LogP contribution is 2.41. The third kappa shape index (κ3) is 2.21. The minimum atomic E-state index is 0.119. The van der Waals surface area contributed by atoms with Gasteiger partial charge in [-0.05, 0) is 38.0 Å². The number of nitrogens with one attached hydrogen (secondary N) is 1. The highest BCUT2D eigenvalue weighted by molar-refractivity contribution is 5.79. The molecule has 19 heavy (non-hydrogen) atoms. The van der Waals surface area contributed by atoms with Crippen molar-refractivity contribution in [1.82, 2.24) is 9.97 Å². The van der Waals surface area contributed by atoms with E-state index in [1.807, 2.05) is 6.92 Å². The van der Waals surface area contributed by atoms with Crippen molar-refractivity contribution in [3.8, 4) is 0 Å². The van der Waals surface area contributed by atoms with Crippen LogP contribution >= 0.6 is 0 Å². The lowest BCUT2D eigenvalue weighted by Gasteiger charge is -2.43. The van der Waals surface area contributed by atoms with Crippen LogP contribution in [0.25, 0.3) is 11.0 Å². The maximum absolute atomic E-state index is 9.56. The van der Waals surface area contributed by atoms with E-state index >= 15 is 0 Å². The van der Waals surface area contributed by atoms with Crippen LogP contribution in [0.2, 0.25) is 0 Å². The summed E-state index contributed by atoms with van der Waals surface area (Å²) in [6.45, 7) is 3.18. The maximum Gasteiger partial charge on any atom is 0.104 e. The van der Waals surface area contributed by atoms with Gasteiger partial charge in [0.2, 0.25) is 0 Å². The fraction of sp³-hybridized carbons (Fsp3) is 0.533. The Morgan fingerprint density at radius 2 is 2.21 bits per heavy atom. The summed E-state index contributed by atoms with van der Waals surface area (Å²) in [5.74, 6) is 0.945. The Balaban J connectivity index is 1.82. The zero-order valence-electron chi connectivity index (χ0n) is 11.6. The number of aliphatic hydroxyl groups excluding tert-OH is 1. The quantitative estimate of drug-likeness (QED) is 0.887. The largest absolute Gasteiger partial charge is 0.396 e. The van der Waals surface area contributed by atoms with E-state index in [-0.39, 0.29) is 5.41 Å². The summed E-state index contributed by atoms with van der Waals surface area (Å²) < 4.78 is 0. The van der Waals surface area contributed by atoms with Crippen LogP contribution in [0.15, 0.2) is 18.2 Å². The van der Waals surface area contributed by atoms with Gasteiger partial charge in [0.1, 0.15) is 5.82 Å². The molecule has 0 amide bonds. The molecule has 4 nitrogen and oxygen atoms in total. The minimum absolute atomic E-state index is 0.119. The summed E-state index contributed by atoms with van der Waals surface area (Å²) in [6.07, 6.45) is 3.52. The summed E-state index contributed by atoms with van der Waals surface area (Å²) in [5, 5.41) is 9.56. The molecule has 1 aromatic carbocycles. The van der Waals surface area contributed by atoms with Crippen molar-refractivity contribution in [2.45, 2.75) is 26.2 Å². The zero-order chi connectivity index (χ0) is 13.5. The smallest absolute Gasteiger partial charge is 0.104 e. The number of anilines is 1. The number of aryl methyl sites for hydroxylation is 1. The summed E-state index contributed by atoms with van der Waals surface area (Å²) in [5.41, 5.74) is 3.38. The van der Waals surface area contributed by atoms with Gasteiger partial charge in [-0.1, -0.05) is 6.42 Å². The number of benzene rings is 1. The van der Waals surface area contributed by atoms with Crippen LogP contribution in [-0.4, -0.2) is 35.3 Å². The van der Waals surface area contributed by atoms with E-state index in [9.17, 15) is 5.11 Å². The standard InChI is InChI=1S/C15H21N3O/c1-11-16-13-5-4-12(8-14(13)17-11)18(2)9-15(10-19)6-3-7-15/h4-5,8,19H,3,6-7,9-10H2,1-2H3,(H,16,17). The van der Waals surface area contributed by atoms with E-state index < -0.39 is 0 Å². The Morgan fingerprint density at radius 3 is 2.84 bits per heavy atom. The van der Waals surface area contributed by atoms with E-state index in [0.717, 1.165) is 36.2 Å². The molecular formula is C15H21N3O. The lowest BCUT2D eigenvalue weighted by atomic mass is 9.69. The molecule has 0 aliphatic heterocycles. The van der Waals surface area contributed by atoms with Crippen LogP contribution < -0.4 is 4.90 Å². The Kier molecular flexibility index (Phi) is 2.97. The van der Waals surface area contributed by atoms with Gasteiger partial charge in [-0.3, -0.25) is 0 Å². The number of aromatic amines is 1. The van der Waals surface area contributed by atoms with Gasteiger partial charge in [0.15, 0.2) is 0 Å². The molecule has 2 N–H and O–H groups in total. The number of H-pyrrole nitrogens is 1. The molecule has 1 saturated carbocycles. The molecule has 0 radical (unpaired) electrons. The fourth-order valence-electron chi connectivity index (χ4n) is 3.00. The fourth-order valence-corrected chi connectivity index (χ4v) is 3.00. The van der Waals surface area contributed by atoms with Crippen molar-refractivity contribution in [2.24, 2.45) is 5.41 Å². The first-order valence-electron chi connectivity index (χ1n) is 6.90. The number of rotatable bonds is 4. The summed E-state index contributed by atoms with van der Waals surface area (Å²) in [7, 11) is 2.10. The van der Waals surface area contributed by atoms with Gasteiger partial charge in [0, 0.05) is 24.7 Å². The predicted molar refractivity (Wildman–Crippen MR) is 77.5 cm³/mol. The van der Waals surface area contributed by atoms with Crippen LogP contribution in [0.3, 0.4) is 0 Å². The second-order valence-corrected chi connectivity index (χ2v) is 5.89. The van der Waals surface area contributed by atoms with Crippen molar-refractivity contribution in [1.29, 1.82) is 0 Å². The normalized spacial score (nSPS) is 17.4. The molecular weight excluding hydrogens is 238 g/mol. The van der Waals surface area contributed by atoms with E-state index in [1.165, 1.54) is 12.1 Å². The van der Waals surface area contributed by atoms with Crippen molar-refractivity contribution in [3.05, 3.63) is 24.0 Å². The number of imidazole rings is 1. The number of hydrogen-bond acceptors (Lipinski definition) is 3. The molecule has 2 aromatic rings. The van der Waals surface area contributed by atoms with Crippen molar-refractivity contribution in [3.63, 3.8) is 0 Å². The minimum Gasteiger partial charge on any atom is -0.396 e. The molecule has 0 spiro atoms. The van der Waals surface area contributed by atoms with Crippen molar-refractivity contribution in [2.75, 3.05) is 25.1 Å². The second-order valence-electron chi connectivity index (χ2n) is 5.89. The average molecular weight is 259 g/mol. The molecule has 0 saturated heterocycles. The highest BCUT2D eigenvalue weighted by Gasteiger charge is 2.37. The van der Waals surface area contributed by atoms with Gasteiger partial charge < -0.3 is 15.0 Å². The first kappa shape index (κ1) is 12.5. The number of fused-ring (bicyclic) bond motifs is 1. The van der Waals surface area contributed by atoms with Crippen LogP contribution in [0, 0.1) is 12.3 Å². The molecule has 0 bridgehead atoms. The molecule has 4 heteroatoms. The molecule has 3 rings (SSSR count). The molecule has 0 unspecified atom stereocenters. The van der Waals surface area contributed by atoms with Crippen LogP contribution in [-0.2, 0) is 0 Å². The van der Waals surface area contributed by atoms with Crippen LogP contribution in [0.1, 0.15) is 25.1 Å². The average Bonchev–Trinajstić information content (AvgIpc) is 2.72. The Labute approximate surface area is 113 Å².